The topological polar surface area (TPSA) is 125 Å². The highest BCUT2D eigenvalue weighted by molar-refractivity contribution is 5.02. The maximum absolute atomic E-state index is 9.82. The van der Waals surface area contributed by atoms with Gasteiger partial charge in [-0.1, -0.05) is 12.2 Å². The number of nitrogens with two attached hydrogens (primary N) is 1. The van der Waals surface area contributed by atoms with Crippen molar-refractivity contribution in [2.75, 3.05) is 6.54 Å². The second-order valence-electron chi connectivity index (χ2n) is 4.97. The zero-order chi connectivity index (χ0) is 14.0. The van der Waals surface area contributed by atoms with Crippen LogP contribution in [0.25, 0.3) is 0 Å². The summed E-state index contributed by atoms with van der Waals surface area (Å²) in [5.41, 5.74) is 5.46. The third-order valence-corrected chi connectivity index (χ3v) is 3.51. The fraction of sp³-hybridized carbons (Fsp3) is 0.833. The molecule has 0 saturated carbocycles. The van der Waals surface area contributed by atoms with E-state index in [2.05, 4.69) is 0 Å². The fourth-order valence-corrected chi connectivity index (χ4v) is 2.33. The van der Waals surface area contributed by atoms with Gasteiger partial charge in [-0.3, -0.25) is 0 Å². The number of rotatable bonds is 3. The molecular weight excluding hydrogens is 254 g/mol. The third-order valence-electron chi connectivity index (χ3n) is 3.51. The van der Waals surface area contributed by atoms with E-state index in [9.17, 15) is 20.4 Å². The Morgan fingerprint density at radius 1 is 1.21 bits per heavy atom. The summed E-state index contributed by atoms with van der Waals surface area (Å²) in [7, 11) is 0. The molecule has 1 saturated heterocycles. The molecule has 1 heterocycles. The number of hydrogen-bond donors (Lipinski definition) is 5. The Bertz CT molecular complexity index is 325. The van der Waals surface area contributed by atoms with Crippen molar-refractivity contribution in [3.63, 3.8) is 0 Å². The Kier molecular flexibility index (Phi) is 4.91. The number of ether oxygens (including phenoxy) is 2. The molecule has 2 aliphatic rings. The Morgan fingerprint density at radius 2 is 1.95 bits per heavy atom. The molecule has 7 atom stereocenters. The first-order valence-corrected chi connectivity index (χ1v) is 6.43. The van der Waals surface area contributed by atoms with Crippen molar-refractivity contribution in [2.45, 2.75) is 55.8 Å². The average Bonchev–Trinajstić information content (AvgIpc) is 2.38. The fourth-order valence-electron chi connectivity index (χ4n) is 2.33. The van der Waals surface area contributed by atoms with Crippen molar-refractivity contribution in [3.05, 3.63) is 12.2 Å². The molecule has 1 aliphatic heterocycles. The molecule has 1 fully saturated rings. The van der Waals surface area contributed by atoms with Gasteiger partial charge < -0.3 is 35.6 Å². The van der Waals surface area contributed by atoms with Gasteiger partial charge in [0.25, 0.3) is 0 Å². The lowest BCUT2D eigenvalue weighted by Crippen LogP contribution is -2.53. The van der Waals surface area contributed by atoms with Crippen LogP contribution in [0.2, 0.25) is 0 Å². The molecule has 0 aromatic heterocycles. The molecule has 110 valence electrons. The van der Waals surface area contributed by atoms with Crippen LogP contribution in [0, 0.1) is 0 Å². The second kappa shape index (κ2) is 6.27. The largest absolute Gasteiger partial charge is 0.390 e. The summed E-state index contributed by atoms with van der Waals surface area (Å²) in [6, 6.07) is 0. The molecule has 2 rings (SSSR count). The standard InChI is InChI=1S/C12H21NO6/c13-5-10-7(15)4-8(16)12(19-10)18-9-3-1-2-6(14)11(9)17/h1-2,6-12,14-17H,3-5,13H2/t6-,7+,8-,9+,10-,11-,12+/m1/s1. The molecule has 19 heavy (non-hydrogen) atoms. The SMILES string of the molecule is NC[C@H]1O[C@H](O[C@H]2CC=C[C@@H](O)[C@H]2O)[C@H](O)C[C@@H]1O. The van der Waals surface area contributed by atoms with Gasteiger partial charge in [-0.2, -0.15) is 0 Å². The molecule has 0 unspecified atom stereocenters. The molecule has 1 aliphatic carbocycles. The Morgan fingerprint density at radius 3 is 2.63 bits per heavy atom. The predicted octanol–water partition coefficient (Wildman–Crippen LogP) is -2.15. The average molecular weight is 275 g/mol. The van der Waals surface area contributed by atoms with Crippen LogP contribution >= 0.6 is 0 Å². The zero-order valence-electron chi connectivity index (χ0n) is 10.5. The first kappa shape index (κ1) is 14.9. The van der Waals surface area contributed by atoms with Crippen molar-refractivity contribution < 1.29 is 29.9 Å². The summed E-state index contributed by atoms with van der Waals surface area (Å²) < 4.78 is 10.9. The maximum atomic E-state index is 9.82. The van der Waals surface area contributed by atoms with Crippen LogP contribution in [-0.2, 0) is 9.47 Å². The molecule has 6 N–H and O–H groups in total. The van der Waals surface area contributed by atoms with Gasteiger partial charge in [0.05, 0.1) is 18.3 Å². The number of aliphatic hydroxyl groups is 4. The van der Waals surface area contributed by atoms with Crippen LogP contribution < -0.4 is 5.73 Å². The highest BCUT2D eigenvalue weighted by atomic mass is 16.7. The maximum Gasteiger partial charge on any atom is 0.184 e. The van der Waals surface area contributed by atoms with E-state index < -0.39 is 42.9 Å². The molecule has 0 bridgehead atoms. The van der Waals surface area contributed by atoms with E-state index in [0.29, 0.717) is 6.42 Å². The van der Waals surface area contributed by atoms with E-state index in [-0.39, 0.29) is 13.0 Å². The first-order chi connectivity index (χ1) is 9.02. The minimum atomic E-state index is -1.07. The monoisotopic (exact) mass is 275 g/mol. The lowest BCUT2D eigenvalue weighted by atomic mass is 9.98. The van der Waals surface area contributed by atoms with Gasteiger partial charge in [-0.15, -0.1) is 0 Å². The molecule has 0 aromatic carbocycles. The Labute approximate surface area is 111 Å². The molecule has 0 amide bonds. The summed E-state index contributed by atoms with van der Waals surface area (Å²) in [5, 5.41) is 38.8. The van der Waals surface area contributed by atoms with Gasteiger partial charge in [0, 0.05) is 13.0 Å². The normalized spacial score (nSPS) is 47.3. The van der Waals surface area contributed by atoms with Crippen molar-refractivity contribution in [3.8, 4) is 0 Å². The van der Waals surface area contributed by atoms with Crippen molar-refractivity contribution in [2.24, 2.45) is 5.73 Å². The van der Waals surface area contributed by atoms with E-state index in [1.807, 2.05) is 0 Å². The van der Waals surface area contributed by atoms with Crippen molar-refractivity contribution >= 4 is 0 Å². The zero-order valence-corrected chi connectivity index (χ0v) is 10.5. The highest BCUT2D eigenvalue weighted by Crippen LogP contribution is 2.25. The van der Waals surface area contributed by atoms with Crippen LogP contribution in [0.4, 0.5) is 0 Å². The molecule has 0 aromatic rings. The van der Waals surface area contributed by atoms with Gasteiger partial charge in [0.2, 0.25) is 0 Å². The lowest BCUT2D eigenvalue weighted by molar-refractivity contribution is -0.287. The summed E-state index contributed by atoms with van der Waals surface area (Å²) in [6.07, 6.45) is -2.39. The number of hydrogen-bond acceptors (Lipinski definition) is 7. The highest BCUT2D eigenvalue weighted by Gasteiger charge is 2.39. The van der Waals surface area contributed by atoms with E-state index in [4.69, 9.17) is 15.2 Å². The molecule has 0 radical (unpaired) electrons. The van der Waals surface area contributed by atoms with Gasteiger partial charge in [0.15, 0.2) is 6.29 Å². The summed E-state index contributed by atoms with van der Waals surface area (Å²) in [4.78, 5) is 0. The molecule has 7 nitrogen and oxygen atoms in total. The minimum Gasteiger partial charge on any atom is -0.390 e. The Hall–Kier alpha value is -0.540. The third kappa shape index (κ3) is 3.32. The van der Waals surface area contributed by atoms with Gasteiger partial charge in [-0.25, -0.2) is 0 Å². The predicted molar refractivity (Wildman–Crippen MR) is 65.0 cm³/mol. The summed E-state index contributed by atoms with van der Waals surface area (Å²) in [6.45, 7) is 0.115. The van der Waals surface area contributed by atoms with Crippen molar-refractivity contribution in [1.29, 1.82) is 0 Å². The van der Waals surface area contributed by atoms with Gasteiger partial charge >= 0.3 is 0 Å². The summed E-state index contributed by atoms with van der Waals surface area (Å²) >= 11 is 0. The van der Waals surface area contributed by atoms with Gasteiger partial charge in [-0.05, 0) is 6.42 Å². The van der Waals surface area contributed by atoms with E-state index in [1.165, 1.54) is 6.08 Å². The number of aliphatic hydroxyl groups excluding tert-OH is 4. The van der Waals surface area contributed by atoms with E-state index in [0.717, 1.165) is 0 Å². The molecular formula is C12H21NO6. The first-order valence-electron chi connectivity index (χ1n) is 6.43. The summed E-state index contributed by atoms with van der Waals surface area (Å²) in [5.74, 6) is 0. The Balaban J connectivity index is 1.96. The smallest absolute Gasteiger partial charge is 0.184 e. The van der Waals surface area contributed by atoms with Crippen LogP contribution in [0.5, 0.6) is 0 Å². The van der Waals surface area contributed by atoms with Crippen LogP contribution in [0.3, 0.4) is 0 Å². The van der Waals surface area contributed by atoms with Crippen LogP contribution in [0.15, 0.2) is 12.2 Å². The minimum absolute atomic E-state index is 0.105. The quantitative estimate of drug-likeness (QED) is 0.372. The lowest BCUT2D eigenvalue weighted by Gasteiger charge is -2.39. The van der Waals surface area contributed by atoms with Gasteiger partial charge in [0.1, 0.15) is 18.3 Å². The van der Waals surface area contributed by atoms with E-state index in [1.54, 1.807) is 6.08 Å². The van der Waals surface area contributed by atoms with Crippen LogP contribution in [0.1, 0.15) is 12.8 Å². The molecule has 0 spiro atoms. The van der Waals surface area contributed by atoms with Crippen molar-refractivity contribution in [1.82, 2.24) is 0 Å². The van der Waals surface area contributed by atoms with E-state index >= 15 is 0 Å². The molecule has 7 heteroatoms. The second-order valence-corrected chi connectivity index (χ2v) is 4.97. The van der Waals surface area contributed by atoms with Crippen LogP contribution in [-0.4, -0.2) is 69.9 Å².